The van der Waals surface area contributed by atoms with Crippen LogP contribution in [0.5, 0.6) is 11.5 Å². The highest BCUT2D eigenvalue weighted by Gasteiger charge is 2.15. The summed E-state index contributed by atoms with van der Waals surface area (Å²) in [5.41, 5.74) is 3.74. The standard InChI is InChI=1S/C21H21NO3S/c1-12(2)17-10-5-13(3)11-18(17)25-16-8-6-15(7-9-16)20-22-14(4)19(26-20)21(23)24/h5-12H,1-4H3,(H,23,24). The molecule has 134 valence electrons. The summed E-state index contributed by atoms with van der Waals surface area (Å²) in [6.07, 6.45) is 0. The molecule has 5 heteroatoms. The highest BCUT2D eigenvalue weighted by Crippen LogP contribution is 2.33. The van der Waals surface area contributed by atoms with Gasteiger partial charge in [-0.15, -0.1) is 11.3 Å². The first-order valence-electron chi connectivity index (χ1n) is 8.44. The van der Waals surface area contributed by atoms with Crippen molar-refractivity contribution in [3.8, 4) is 22.1 Å². The number of ether oxygens (including phenoxy) is 1. The van der Waals surface area contributed by atoms with Crippen LogP contribution in [-0.2, 0) is 0 Å². The van der Waals surface area contributed by atoms with Crippen LogP contribution in [0.4, 0.5) is 0 Å². The number of thiazole rings is 1. The maximum Gasteiger partial charge on any atom is 0.347 e. The molecule has 0 saturated heterocycles. The maximum absolute atomic E-state index is 11.2. The van der Waals surface area contributed by atoms with Crippen molar-refractivity contribution in [3.05, 3.63) is 64.2 Å². The molecule has 0 atom stereocenters. The molecule has 0 saturated carbocycles. The van der Waals surface area contributed by atoms with E-state index in [1.165, 1.54) is 16.9 Å². The Morgan fingerprint density at radius 2 is 1.81 bits per heavy atom. The van der Waals surface area contributed by atoms with E-state index in [0.29, 0.717) is 16.6 Å². The summed E-state index contributed by atoms with van der Waals surface area (Å²) >= 11 is 1.19. The number of aromatic carboxylic acids is 1. The molecule has 0 fully saturated rings. The van der Waals surface area contributed by atoms with Crippen LogP contribution < -0.4 is 4.74 Å². The van der Waals surface area contributed by atoms with E-state index >= 15 is 0 Å². The summed E-state index contributed by atoms with van der Waals surface area (Å²) in [4.78, 5) is 15.8. The van der Waals surface area contributed by atoms with Gasteiger partial charge < -0.3 is 9.84 Å². The first-order chi connectivity index (χ1) is 12.3. The highest BCUT2D eigenvalue weighted by atomic mass is 32.1. The third-order valence-corrected chi connectivity index (χ3v) is 5.31. The second-order valence-corrected chi connectivity index (χ2v) is 7.56. The summed E-state index contributed by atoms with van der Waals surface area (Å²) in [5, 5.41) is 9.88. The number of benzene rings is 2. The second-order valence-electron chi connectivity index (χ2n) is 6.56. The Labute approximate surface area is 157 Å². The number of hydrogen-bond acceptors (Lipinski definition) is 4. The van der Waals surface area contributed by atoms with Crippen LogP contribution in [0.3, 0.4) is 0 Å². The van der Waals surface area contributed by atoms with E-state index in [1.807, 2.05) is 37.3 Å². The van der Waals surface area contributed by atoms with Gasteiger partial charge in [0.25, 0.3) is 0 Å². The van der Waals surface area contributed by atoms with E-state index in [-0.39, 0.29) is 4.88 Å². The molecule has 0 unspecified atom stereocenters. The summed E-state index contributed by atoms with van der Waals surface area (Å²) in [7, 11) is 0. The molecule has 0 bridgehead atoms. The minimum Gasteiger partial charge on any atom is -0.477 e. The monoisotopic (exact) mass is 367 g/mol. The Kier molecular flexibility index (Phi) is 5.09. The summed E-state index contributed by atoms with van der Waals surface area (Å²) in [5.74, 6) is 1.04. The lowest BCUT2D eigenvalue weighted by Crippen LogP contribution is -1.94. The number of hydrogen-bond donors (Lipinski definition) is 1. The third kappa shape index (κ3) is 3.78. The van der Waals surface area contributed by atoms with Gasteiger partial charge in [-0.3, -0.25) is 0 Å². The molecule has 3 aromatic rings. The number of carboxylic acid groups (broad SMARTS) is 1. The Bertz CT molecular complexity index is 942. The van der Waals surface area contributed by atoms with Crippen molar-refractivity contribution in [2.75, 3.05) is 0 Å². The molecular weight excluding hydrogens is 346 g/mol. The number of carbonyl (C=O) groups is 1. The predicted molar refractivity (Wildman–Crippen MR) is 105 cm³/mol. The van der Waals surface area contributed by atoms with Gasteiger partial charge in [0.2, 0.25) is 0 Å². The van der Waals surface area contributed by atoms with Crippen LogP contribution in [0.2, 0.25) is 0 Å². The number of aromatic nitrogens is 1. The van der Waals surface area contributed by atoms with E-state index in [0.717, 1.165) is 22.6 Å². The van der Waals surface area contributed by atoms with Crippen LogP contribution >= 0.6 is 11.3 Å². The minimum atomic E-state index is -0.938. The van der Waals surface area contributed by atoms with Crippen molar-refractivity contribution in [3.63, 3.8) is 0 Å². The van der Waals surface area contributed by atoms with Gasteiger partial charge in [0.1, 0.15) is 21.4 Å². The van der Waals surface area contributed by atoms with E-state index in [1.54, 1.807) is 6.92 Å². The topological polar surface area (TPSA) is 59.4 Å². The molecule has 0 aliphatic heterocycles. The SMILES string of the molecule is Cc1ccc(C(C)C)c(Oc2ccc(-c3nc(C)c(C(=O)O)s3)cc2)c1. The molecular formula is C21H21NO3S. The van der Waals surface area contributed by atoms with Crippen LogP contribution in [-0.4, -0.2) is 16.1 Å². The summed E-state index contributed by atoms with van der Waals surface area (Å²) < 4.78 is 6.10. The first-order valence-corrected chi connectivity index (χ1v) is 9.26. The Morgan fingerprint density at radius 3 is 2.38 bits per heavy atom. The average molecular weight is 367 g/mol. The van der Waals surface area contributed by atoms with Crippen molar-refractivity contribution in [1.29, 1.82) is 0 Å². The fraction of sp³-hybridized carbons (Fsp3) is 0.238. The Hall–Kier alpha value is -2.66. The molecule has 3 rings (SSSR count). The molecule has 4 nitrogen and oxygen atoms in total. The molecule has 1 heterocycles. The van der Waals surface area contributed by atoms with E-state index in [9.17, 15) is 9.90 Å². The lowest BCUT2D eigenvalue weighted by molar-refractivity contribution is 0.0701. The van der Waals surface area contributed by atoms with Crippen LogP contribution in [0.25, 0.3) is 10.6 Å². The van der Waals surface area contributed by atoms with Gasteiger partial charge in [-0.25, -0.2) is 9.78 Å². The van der Waals surface area contributed by atoms with Gasteiger partial charge >= 0.3 is 5.97 Å². The Morgan fingerprint density at radius 1 is 1.12 bits per heavy atom. The number of aryl methyl sites for hydroxylation is 2. The quantitative estimate of drug-likeness (QED) is 0.597. The van der Waals surface area contributed by atoms with Gasteiger partial charge in [-0.2, -0.15) is 0 Å². The van der Waals surface area contributed by atoms with E-state index in [2.05, 4.69) is 31.0 Å². The number of nitrogens with zero attached hydrogens (tertiary/aromatic N) is 1. The summed E-state index contributed by atoms with van der Waals surface area (Å²) in [6.45, 7) is 8.05. The fourth-order valence-corrected chi connectivity index (χ4v) is 3.63. The number of carboxylic acids is 1. The zero-order valence-corrected chi connectivity index (χ0v) is 16.1. The van der Waals surface area contributed by atoms with Gasteiger partial charge in [0.15, 0.2) is 0 Å². The molecule has 0 aliphatic rings. The first kappa shape index (κ1) is 18.1. The molecule has 0 aliphatic carbocycles. The van der Waals surface area contributed by atoms with Gasteiger partial charge in [-0.1, -0.05) is 26.0 Å². The fourth-order valence-electron chi connectivity index (χ4n) is 2.72. The zero-order chi connectivity index (χ0) is 18.8. The van der Waals surface area contributed by atoms with Crippen LogP contribution in [0.15, 0.2) is 42.5 Å². The molecule has 0 radical (unpaired) electrons. The smallest absolute Gasteiger partial charge is 0.347 e. The minimum absolute atomic E-state index is 0.279. The maximum atomic E-state index is 11.2. The molecule has 1 N–H and O–H groups in total. The van der Waals surface area contributed by atoms with Gasteiger partial charge in [0, 0.05) is 5.56 Å². The third-order valence-electron chi connectivity index (χ3n) is 4.11. The molecule has 1 aromatic heterocycles. The van der Waals surface area contributed by atoms with Crippen molar-refractivity contribution in [2.45, 2.75) is 33.6 Å². The highest BCUT2D eigenvalue weighted by molar-refractivity contribution is 7.17. The van der Waals surface area contributed by atoms with Crippen molar-refractivity contribution < 1.29 is 14.6 Å². The molecule has 0 amide bonds. The zero-order valence-electron chi connectivity index (χ0n) is 15.2. The van der Waals surface area contributed by atoms with Gasteiger partial charge in [0.05, 0.1) is 5.69 Å². The largest absolute Gasteiger partial charge is 0.477 e. The average Bonchev–Trinajstić information content (AvgIpc) is 2.97. The lowest BCUT2D eigenvalue weighted by Gasteiger charge is -2.14. The van der Waals surface area contributed by atoms with Gasteiger partial charge in [-0.05, 0) is 61.2 Å². The van der Waals surface area contributed by atoms with Crippen molar-refractivity contribution >= 4 is 17.3 Å². The van der Waals surface area contributed by atoms with E-state index < -0.39 is 5.97 Å². The van der Waals surface area contributed by atoms with Crippen LogP contribution in [0, 0.1) is 13.8 Å². The number of rotatable bonds is 5. The lowest BCUT2D eigenvalue weighted by atomic mass is 10.0. The van der Waals surface area contributed by atoms with Crippen molar-refractivity contribution in [1.82, 2.24) is 4.98 Å². The Balaban J connectivity index is 1.86. The molecule has 0 spiro atoms. The second kappa shape index (κ2) is 7.30. The van der Waals surface area contributed by atoms with Crippen molar-refractivity contribution in [2.24, 2.45) is 0 Å². The van der Waals surface area contributed by atoms with Crippen LogP contribution in [0.1, 0.15) is 46.3 Å². The normalized spacial score (nSPS) is 11.0. The predicted octanol–water partition coefficient (Wildman–Crippen LogP) is 6.04. The van der Waals surface area contributed by atoms with E-state index in [4.69, 9.17) is 4.74 Å². The molecule has 26 heavy (non-hydrogen) atoms. The molecule has 2 aromatic carbocycles. The summed E-state index contributed by atoms with van der Waals surface area (Å²) in [6, 6.07) is 13.8.